The van der Waals surface area contributed by atoms with Crippen molar-refractivity contribution < 1.29 is 14.3 Å². The molecule has 180 valence electrons. The van der Waals surface area contributed by atoms with E-state index in [0.29, 0.717) is 39.0 Å². The molecule has 0 unspecified atom stereocenters. The van der Waals surface area contributed by atoms with Crippen molar-refractivity contribution in [1.82, 2.24) is 0 Å². The fourth-order valence-electron chi connectivity index (χ4n) is 3.97. The maximum Gasteiger partial charge on any atom is 0.270 e. The van der Waals surface area contributed by atoms with Crippen LogP contribution in [-0.4, -0.2) is 16.8 Å². The van der Waals surface area contributed by atoms with Gasteiger partial charge in [-0.05, 0) is 59.8 Å². The Morgan fingerprint density at radius 1 is 0.944 bits per heavy atom. The molecule has 0 aliphatic carbocycles. The molecule has 1 fully saturated rings. The summed E-state index contributed by atoms with van der Waals surface area (Å²) in [6.07, 6.45) is 1.84. The smallest absolute Gasteiger partial charge is 0.270 e. The fourth-order valence-corrected chi connectivity index (χ4v) is 5.38. The van der Waals surface area contributed by atoms with Crippen LogP contribution in [0.3, 0.4) is 0 Å². The molecule has 0 saturated carbocycles. The van der Waals surface area contributed by atoms with E-state index >= 15 is 0 Å². The summed E-state index contributed by atoms with van der Waals surface area (Å²) in [5, 5.41) is 2.73. The number of hydrogen-bond donors (Lipinski definition) is 0. The largest absolute Gasteiger partial charge is 0.490 e. The zero-order valence-electron chi connectivity index (χ0n) is 19.4. The highest BCUT2D eigenvalue weighted by Gasteiger charge is 2.34. The van der Waals surface area contributed by atoms with Crippen LogP contribution in [-0.2, 0) is 11.4 Å². The van der Waals surface area contributed by atoms with Crippen LogP contribution < -0.4 is 14.4 Å². The molecule has 1 aliphatic rings. The maximum atomic E-state index is 13.4. The first-order chi connectivity index (χ1) is 17.5. The SMILES string of the molecule is CCOc1cc(/C=C2\SC(=S)N(c3cccc4ccccc34)C2=O)ccc1OCc1ccc(Cl)cc1. The summed E-state index contributed by atoms with van der Waals surface area (Å²) >= 11 is 12.9. The lowest BCUT2D eigenvalue weighted by Crippen LogP contribution is -2.27. The highest BCUT2D eigenvalue weighted by molar-refractivity contribution is 8.27. The van der Waals surface area contributed by atoms with E-state index in [1.165, 1.54) is 11.8 Å². The Bertz CT molecular complexity index is 1480. The summed E-state index contributed by atoms with van der Waals surface area (Å²) in [7, 11) is 0. The Kier molecular flexibility index (Phi) is 7.28. The third-order valence-electron chi connectivity index (χ3n) is 5.67. The van der Waals surface area contributed by atoms with E-state index in [1.54, 1.807) is 4.90 Å². The number of thiocarbonyl (C=S) groups is 1. The summed E-state index contributed by atoms with van der Waals surface area (Å²) in [5.74, 6) is 1.11. The number of hydrogen-bond acceptors (Lipinski definition) is 5. The lowest BCUT2D eigenvalue weighted by molar-refractivity contribution is -0.113. The van der Waals surface area contributed by atoms with Crippen molar-refractivity contribution >= 4 is 68.3 Å². The quantitative estimate of drug-likeness (QED) is 0.179. The first-order valence-corrected chi connectivity index (χ1v) is 13.0. The number of carbonyl (C=O) groups excluding carboxylic acids is 1. The van der Waals surface area contributed by atoms with Crippen LogP contribution in [0.4, 0.5) is 5.69 Å². The van der Waals surface area contributed by atoms with Gasteiger partial charge in [0.15, 0.2) is 15.8 Å². The van der Waals surface area contributed by atoms with Crippen LogP contribution >= 0.6 is 35.6 Å². The molecule has 0 bridgehead atoms. The minimum atomic E-state index is -0.137. The number of halogens is 1. The topological polar surface area (TPSA) is 38.8 Å². The number of rotatable bonds is 7. The van der Waals surface area contributed by atoms with Gasteiger partial charge in [-0.15, -0.1) is 0 Å². The fraction of sp³-hybridized carbons (Fsp3) is 0.103. The van der Waals surface area contributed by atoms with E-state index in [2.05, 4.69) is 0 Å². The van der Waals surface area contributed by atoms with Crippen molar-refractivity contribution in [3.05, 3.63) is 106 Å². The van der Waals surface area contributed by atoms with Gasteiger partial charge in [0, 0.05) is 10.4 Å². The Labute approximate surface area is 224 Å². The molecule has 4 nitrogen and oxygen atoms in total. The van der Waals surface area contributed by atoms with Gasteiger partial charge in [0.05, 0.1) is 17.2 Å². The van der Waals surface area contributed by atoms with Gasteiger partial charge in [-0.1, -0.05) is 90.2 Å². The van der Waals surface area contributed by atoms with Gasteiger partial charge < -0.3 is 9.47 Å². The van der Waals surface area contributed by atoms with Crippen LogP contribution in [0.2, 0.25) is 5.02 Å². The van der Waals surface area contributed by atoms with Crippen molar-refractivity contribution in [3.8, 4) is 11.5 Å². The van der Waals surface area contributed by atoms with E-state index in [1.807, 2.05) is 97.9 Å². The molecular weight excluding hydrogens is 510 g/mol. The van der Waals surface area contributed by atoms with Gasteiger partial charge >= 0.3 is 0 Å². The zero-order valence-corrected chi connectivity index (χ0v) is 21.8. The average molecular weight is 532 g/mol. The average Bonchev–Trinajstić information content (AvgIpc) is 3.16. The third kappa shape index (κ3) is 5.12. The highest BCUT2D eigenvalue weighted by Crippen LogP contribution is 2.39. The van der Waals surface area contributed by atoms with E-state index in [0.717, 1.165) is 27.6 Å². The molecule has 1 aliphatic heterocycles. The number of nitrogens with zero attached hydrogens (tertiary/aromatic N) is 1. The van der Waals surface area contributed by atoms with Gasteiger partial charge in [0.2, 0.25) is 0 Å². The molecule has 0 N–H and O–H groups in total. The number of thioether (sulfide) groups is 1. The second kappa shape index (κ2) is 10.7. The number of ether oxygens (including phenoxy) is 2. The van der Waals surface area contributed by atoms with Crippen molar-refractivity contribution in [1.29, 1.82) is 0 Å². The second-order valence-electron chi connectivity index (χ2n) is 8.07. The second-order valence-corrected chi connectivity index (χ2v) is 10.2. The molecule has 0 radical (unpaired) electrons. The van der Waals surface area contributed by atoms with E-state index in [9.17, 15) is 4.79 Å². The molecule has 1 heterocycles. The molecule has 0 spiro atoms. The van der Waals surface area contributed by atoms with Crippen LogP contribution in [0, 0.1) is 0 Å². The Hall–Kier alpha value is -3.32. The number of amides is 1. The minimum Gasteiger partial charge on any atom is -0.490 e. The molecule has 4 aromatic carbocycles. The Morgan fingerprint density at radius 2 is 1.72 bits per heavy atom. The van der Waals surface area contributed by atoms with Gasteiger partial charge in [-0.25, -0.2) is 0 Å². The Morgan fingerprint density at radius 3 is 2.53 bits per heavy atom. The van der Waals surface area contributed by atoms with Crippen LogP contribution in [0.5, 0.6) is 11.5 Å². The van der Waals surface area contributed by atoms with Crippen molar-refractivity contribution in [3.63, 3.8) is 0 Å². The lowest BCUT2D eigenvalue weighted by atomic mass is 10.1. The van der Waals surface area contributed by atoms with E-state index in [-0.39, 0.29) is 5.91 Å². The monoisotopic (exact) mass is 531 g/mol. The first-order valence-electron chi connectivity index (χ1n) is 11.4. The molecular formula is C29H22ClNO3S2. The number of carbonyl (C=O) groups is 1. The summed E-state index contributed by atoms with van der Waals surface area (Å²) < 4.78 is 12.3. The van der Waals surface area contributed by atoms with Crippen LogP contribution in [0.25, 0.3) is 16.8 Å². The summed E-state index contributed by atoms with van der Waals surface area (Å²) in [5.41, 5.74) is 2.62. The van der Waals surface area contributed by atoms with Crippen LogP contribution in [0.1, 0.15) is 18.1 Å². The van der Waals surface area contributed by atoms with Gasteiger partial charge in [0.25, 0.3) is 5.91 Å². The molecule has 7 heteroatoms. The summed E-state index contributed by atoms with van der Waals surface area (Å²) in [6, 6.07) is 27.0. The molecule has 1 amide bonds. The summed E-state index contributed by atoms with van der Waals surface area (Å²) in [6.45, 7) is 2.80. The molecule has 1 saturated heterocycles. The number of benzene rings is 4. The predicted octanol–water partition coefficient (Wildman–Crippen LogP) is 7.88. The molecule has 4 aromatic rings. The predicted molar refractivity (Wildman–Crippen MR) is 153 cm³/mol. The van der Waals surface area contributed by atoms with Crippen molar-refractivity contribution in [2.45, 2.75) is 13.5 Å². The van der Waals surface area contributed by atoms with Crippen molar-refractivity contribution in [2.24, 2.45) is 0 Å². The van der Waals surface area contributed by atoms with Gasteiger partial charge in [-0.3, -0.25) is 9.69 Å². The first kappa shape index (κ1) is 24.4. The maximum absolute atomic E-state index is 13.4. The van der Waals surface area contributed by atoms with Crippen molar-refractivity contribution in [2.75, 3.05) is 11.5 Å². The Balaban J connectivity index is 1.40. The normalized spacial score (nSPS) is 14.6. The van der Waals surface area contributed by atoms with E-state index < -0.39 is 0 Å². The third-order valence-corrected chi connectivity index (χ3v) is 7.23. The minimum absolute atomic E-state index is 0.137. The van der Waals surface area contributed by atoms with Gasteiger partial charge in [0.1, 0.15) is 6.61 Å². The van der Waals surface area contributed by atoms with Gasteiger partial charge in [-0.2, -0.15) is 0 Å². The van der Waals surface area contributed by atoms with E-state index in [4.69, 9.17) is 33.3 Å². The van der Waals surface area contributed by atoms with Crippen LogP contribution in [0.15, 0.2) is 89.8 Å². The summed E-state index contributed by atoms with van der Waals surface area (Å²) in [4.78, 5) is 15.6. The number of anilines is 1. The number of fused-ring (bicyclic) bond motifs is 1. The standard InChI is InChI=1S/C29H22ClNO3S2/c1-2-33-26-16-20(12-15-25(26)34-18-19-10-13-22(30)14-11-19)17-27-28(32)31(29(35)36-27)24-9-5-7-21-6-3-4-8-23(21)24/h3-17H,2,18H2,1H3/b27-17-. The molecule has 0 aromatic heterocycles. The molecule has 0 atom stereocenters. The molecule has 36 heavy (non-hydrogen) atoms. The zero-order chi connectivity index (χ0) is 25.1. The highest BCUT2D eigenvalue weighted by atomic mass is 35.5. The lowest BCUT2D eigenvalue weighted by Gasteiger charge is -2.17. The molecule has 5 rings (SSSR count).